The fraction of sp³-hybridized carbons (Fsp3) is 0.185. The van der Waals surface area contributed by atoms with Gasteiger partial charge >= 0.3 is 0 Å². The lowest BCUT2D eigenvalue weighted by Crippen LogP contribution is -2.38. The molecule has 2 aromatic heterocycles. The molecule has 1 aliphatic carbocycles. The number of allylic oxidation sites excluding steroid dienone is 1. The Labute approximate surface area is 189 Å². The zero-order chi connectivity index (χ0) is 21.8. The molecule has 6 rings (SSSR count). The van der Waals surface area contributed by atoms with Crippen LogP contribution in [0.3, 0.4) is 0 Å². The molecule has 0 bridgehead atoms. The van der Waals surface area contributed by atoms with E-state index < -0.39 is 0 Å². The first-order valence-electron chi connectivity index (χ1n) is 10.8. The number of hydrogen-bond acceptors (Lipinski definition) is 4. The van der Waals surface area contributed by atoms with Gasteiger partial charge in [-0.1, -0.05) is 65.4 Å². The average Bonchev–Trinajstić information content (AvgIpc) is 3.35. The van der Waals surface area contributed by atoms with Crippen LogP contribution in [0.25, 0.3) is 11.8 Å². The number of thiazole rings is 1. The van der Waals surface area contributed by atoms with Gasteiger partial charge in [0, 0.05) is 11.6 Å². The van der Waals surface area contributed by atoms with E-state index in [9.17, 15) is 4.79 Å². The summed E-state index contributed by atoms with van der Waals surface area (Å²) in [5, 5.41) is 0. The van der Waals surface area contributed by atoms with Gasteiger partial charge in [0.25, 0.3) is 5.56 Å². The van der Waals surface area contributed by atoms with Crippen LogP contribution in [0.4, 0.5) is 0 Å². The van der Waals surface area contributed by atoms with Crippen molar-refractivity contribution < 1.29 is 4.42 Å². The lowest BCUT2D eigenvalue weighted by molar-refractivity contribution is 0.524. The quantitative estimate of drug-likeness (QED) is 0.462. The Balaban J connectivity index is 1.64. The summed E-state index contributed by atoms with van der Waals surface area (Å²) >= 11 is 1.43. The molecule has 0 saturated carbocycles. The van der Waals surface area contributed by atoms with Crippen LogP contribution in [0, 0.1) is 13.8 Å². The molecular formula is C27H22N2O2S. The number of aryl methyl sites for hydroxylation is 3. The monoisotopic (exact) mass is 438 g/mol. The van der Waals surface area contributed by atoms with E-state index in [-0.39, 0.29) is 11.6 Å². The first-order valence-corrected chi connectivity index (χ1v) is 11.7. The lowest BCUT2D eigenvalue weighted by atomic mass is 9.83. The molecule has 3 heterocycles. The first kappa shape index (κ1) is 19.3. The Kier molecular flexibility index (Phi) is 4.40. The van der Waals surface area contributed by atoms with Gasteiger partial charge in [0.2, 0.25) is 0 Å². The molecule has 4 aromatic rings. The van der Waals surface area contributed by atoms with Crippen LogP contribution in [0.15, 0.2) is 80.4 Å². The summed E-state index contributed by atoms with van der Waals surface area (Å²) < 4.78 is 8.22. The third-order valence-electron chi connectivity index (χ3n) is 6.30. The normalized spacial score (nSPS) is 17.6. The number of furan rings is 1. The van der Waals surface area contributed by atoms with Crippen LogP contribution < -0.4 is 14.9 Å². The minimum atomic E-state index is -0.143. The Bertz CT molecular complexity index is 1560. The minimum absolute atomic E-state index is 0.0150. The fourth-order valence-corrected chi connectivity index (χ4v) is 5.71. The van der Waals surface area contributed by atoms with E-state index in [4.69, 9.17) is 9.41 Å². The van der Waals surface area contributed by atoms with E-state index in [1.165, 1.54) is 33.6 Å². The second kappa shape index (κ2) is 7.31. The van der Waals surface area contributed by atoms with Crippen molar-refractivity contribution in [1.29, 1.82) is 0 Å². The summed E-state index contributed by atoms with van der Waals surface area (Å²) in [4.78, 5) is 19.4. The van der Waals surface area contributed by atoms with Gasteiger partial charge in [-0.05, 0) is 55.5 Å². The third-order valence-corrected chi connectivity index (χ3v) is 7.28. The Morgan fingerprint density at radius 2 is 1.84 bits per heavy atom. The van der Waals surface area contributed by atoms with Crippen molar-refractivity contribution in [2.75, 3.05) is 0 Å². The lowest BCUT2D eigenvalue weighted by Gasteiger charge is -2.30. The third kappa shape index (κ3) is 3.04. The van der Waals surface area contributed by atoms with Crippen molar-refractivity contribution in [2.45, 2.75) is 32.7 Å². The predicted molar refractivity (Wildman–Crippen MR) is 127 cm³/mol. The molecule has 0 amide bonds. The number of nitrogens with zero attached hydrogens (tertiary/aromatic N) is 2. The Morgan fingerprint density at radius 3 is 2.62 bits per heavy atom. The van der Waals surface area contributed by atoms with Gasteiger partial charge < -0.3 is 4.42 Å². The number of hydrogen-bond donors (Lipinski definition) is 0. The number of rotatable bonds is 2. The maximum absolute atomic E-state index is 13.6. The van der Waals surface area contributed by atoms with Crippen molar-refractivity contribution in [3.05, 3.63) is 120 Å². The standard InChI is InChI=1S/C27H22N2O2S/c1-16-7-10-19(11-8-16)25-22-14-12-18-5-3-4-6-21(18)24(22)28-27-29(25)26(30)23(32-27)15-20-13-9-17(2)31-20/h3-11,13,15,25H,12,14H2,1-2H3/b23-15+/t25-/m1/s1. The van der Waals surface area contributed by atoms with E-state index in [2.05, 4.69) is 55.5 Å². The van der Waals surface area contributed by atoms with Crippen LogP contribution in [-0.4, -0.2) is 4.57 Å². The van der Waals surface area contributed by atoms with Crippen molar-refractivity contribution in [2.24, 2.45) is 4.99 Å². The second-order valence-corrected chi connectivity index (χ2v) is 9.48. The average molecular weight is 439 g/mol. The van der Waals surface area contributed by atoms with Crippen molar-refractivity contribution in [3.8, 4) is 0 Å². The Hall–Kier alpha value is -3.44. The van der Waals surface area contributed by atoms with Crippen LogP contribution in [0.1, 0.15) is 46.2 Å². The molecule has 2 aliphatic rings. The van der Waals surface area contributed by atoms with Crippen molar-refractivity contribution in [1.82, 2.24) is 4.57 Å². The van der Waals surface area contributed by atoms with E-state index in [1.807, 2.05) is 29.7 Å². The molecule has 5 heteroatoms. The molecule has 4 nitrogen and oxygen atoms in total. The fourth-order valence-electron chi connectivity index (χ4n) is 4.73. The van der Waals surface area contributed by atoms with Gasteiger partial charge in [0.1, 0.15) is 11.5 Å². The zero-order valence-electron chi connectivity index (χ0n) is 18.0. The first-order chi connectivity index (χ1) is 15.6. The van der Waals surface area contributed by atoms with E-state index >= 15 is 0 Å². The summed E-state index contributed by atoms with van der Waals surface area (Å²) in [6.45, 7) is 3.99. The van der Waals surface area contributed by atoms with Gasteiger partial charge in [0.15, 0.2) is 4.80 Å². The maximum Gasteiger partial charge on any atom is 0.271 e. The minimum Gasteiger partial charge on any atom is -0.462 e. The Morgan fingerprint density at radius 1 is 1.03 bits per heavy atom. The molecular weight excluding hydrogens is 416 g/mol. The summed E-state index contributed by atoms with van der Waals surface area (Å²) in [5.74, 6) is 1.52. The van der Waals surface area contributed by atoms with E-state index in [1.54, 1.807) is 0 Å². The molecule has 0 N–H and O–H groups in total. The van der Waals surface area contributed by atoms with E-state index in [0.717, 1.165) is 34.7 Å². The SMILES string of the molecule is Cc1ccc([C@@H]2C3=C(N=c4s/c(=C/c5ccc(C)o5)c(=O)n42)c2ccccc2CC3)cc1. The highest BCUT2D eigenvalue weighted by Gasteiger charge is 2.32. The molecule has 0 saturated heterocycles. The smallest absolute Gasteiger partial charge is 0.271 e. The van der Waals surface area contributed by atoms with Crippen LogP contribution in [0.5, 0.6) is 0 Å². The maximum atomic E-state index is 13.6. The highest BCUT2D eigenvalue weighted by atomic mass is 32.1. The van der Waals surface area contributed by atoms with Gasteiger partial charge in [0.05, 0.1) is 16.3 Å². The van der Waals surface area contributed by atoms with Gasteiger partial charge in [-0.15, -0.1) is 0 Å². The number of benzene rings is 2. The largest absolute Gasteiger partial charge is 0.462 e. The molecule has 0 spiro atoms. The molecule has 32 heavy (non-hydrogen) atoms. The van der Waals surface area contributed by atoms with Gasteiger partial charge in [-0.25, -0.2) is 4.99 Å². The van der Waals surface area contributed by atoms with E-state index in [0.29, 0.717) is 10.3 Å². The second-order valence-electron chi connectivity index (χ2n) is 8.47. The van der Waals surface area contributed by atoms with Crippen molar-refractivity contribution in [3.63, 3.8) is 0 Å². The van der Waals surface area contributed by atoms with Gasteiger partial charge in [-0.3, -0.25) is 9.36 Å². The highest BCUT2D eigenvalue weighted by Crippen LogP contribution is 2.41. The van der Waals surface area contributed by atoms with Crippen LogP contribution >= 0.6 is 11.3 Å². The predicted octanol–water partition coefficient (Wildman–Crippen LogP) is 4.53. The number of fused-ring (bicyclic) bond motifs is 3. The summed E-state index contributed by atoms with van der Waals surface area (Å²) in [6.07, 6.45) is 3.69. The van der Waals surface area contributed by atoms with Crippen LogP contribution in [0.2, 0.25) is 0 Å². The van der Waals surface area contributed by atoms with Crippen molar-refractivity contribution >= 4 is 23.1 Å². The molecule has 158 valence electrons. The summed E-state index contributed by atoms with van der Waals surface area (Å²) in [5.41, 5.74) is 7.07. The molecule has 0 unspecified atom stereocenters. The number of aromatic nitrogens is 1. The molecule has 2 aromatic carbocycles. The summed E-state index contributed by atoms with van der Waals surface area (Å²) in [7, 11) is 0. The highest BCUT2D eigenvalue weighted by molar-refractivity contribution is 7.07. The molecule has 0 radical (unpaired) electrons. The molecule has 1 aliphatic heterocycles. The topological polar surface area (TPSA) is 47.5 Å². The zero-order valence-corrected chi connectivity index (χ0v) is 18.8. The molecule has 1 atom stereocenters. The van der Waals surface area contributed by atoms with Crippen LogP contribution in [-0.2, 0) is 6.42 Å². The molecule has 0 fully saturated rings. The summed E-state index contributed by atoms with van der Waals surface area (Å²) in [6, 6.07) is 20.7. The van der Waals surface area contributed by atoms with Gasteiger partial charge in [-0.2, -0.15) is 0 Å².